The Hall–Kier alpha value is -1.62. The van der Waals surface area contributed by atoms with Crippen molar-refractivity contribution in [2.75, 3.05) is 13.6 Å². The first kappa shape index (κ1) is 12.8. The minimum Gasteiger partial charge on any atom is -0.344 e. The Morgan fingerprint density at radius 3 is 3.00 bits per heavy atom. The molecule has 18 heavy (non-hydrogen) atoms. The van der Waals surface area contributed by atoms with E-state index in [1.54, 1.807) is 22.7 Å². The maximum atomic E-state index is 12.0. The summed E-state index contributed by atoms with van der Waals surface area (Å²) in [5, 5.41) is 0. The second kappa shape index (κ2) is 5.35. The monoisotopic (exact) mass is 266 g/mol. The van der Waals surface area contributed by atoms with E-state index < -0.39 is 0 Å². The summed E-state index contributed by atoms with van der Waals surface area (Å²) < 4.78 is 1.77. The predicted octanol–water partition coefficient (Wildman–Crippen LogP) is 1.65. The van der Waals surface area contributed by atoms with Crippen LogP contribution in [0.15, 0.2) is 18.3 Å². The van der Waals surface area contributed by atoms with Crippen LogP contribution in [0.3, 0.4) is 0 Å². The Labute approximate surface area is 110 Å². The molecule has 0 radical (unpaired) electrons. The third-order valence-electron chi connectivity index (χ3n) is 2.90. The maximum Gasteiger partial charge on any atom is 0.242 e. The lowest BCUT2D eigenvalue weighted by Gasteiger charge is -2.15. The van der Waals surface area contributed by atoms with Crippen LogP contribution >= 0.6 is 11.6 Å². The van der Waals surface area contributed by atoms with Crippen LogP contribution in [0, 0.1) is 0 Å². The van der Waals surface area contributed by atoms with Crippen molar-refractivity contribution in [1.29, 1.82) is 0 Å². The van der Waals surface area contributed by atoms with Crippen molar-refractivity contribution >= 4 is 28.7 Å². The quantitative estimate of drug-likeness (QED) is 0.791. The Morgan fingerprint density at radius 2 is 2.33 bits per heavy atom. The van der Waals surface area contributed by atoms with Gasteiger partial charge in [-0.25, -0.2) is 9.97 Å². The third kappa shape index (κ3) is 2.31. The smallest absolute Gasteiger partial charge is 0.242 e. The molecule has 0 aliphatic carbocycles. The number of rotatable bonds is 4. The molecule has 5 nitrogen and oxygen atoms in total. The van der Waals surface area contributed by atoms with E-state index in [9.17, 15) is 4.79 Å². The molecule has 0 N–H and O–H groups in total. The minimum absolute atomic E-state index is 0.0221. The van der Waals surface area contributed by atoms with Gasteiger partial charge in [0.1, 0.15) is 17.9 Å². The van der Waals surface area contributed by atoms with Crippen molar-refractivity contribution in [2.45, 2.75) is 19.3 Å². The largest absolute Gasteiger partial charge is 0.344 e. The summed E-state index contributed by atoms with van der Waals surface area (Å²) in [4.78, 5) is 22.2. The number of nitrogens with zero attached hydrogens (tertiary/aromatic N) is 4. The van der Waals surface area contributed by atoms with Gasteiger partial charge < -0.3 is 9.47 Å². The first-order valence-corrected chi connectivity index (χ1v) is 6.30. The van der Waals surface area contributed by atoms with Gasteiger partial charge in [0.25, 0.3) is 0 Å². The van der Waals surface area contributed by atoms with Gasteiger partial charge in [0, 0.05) is 19.8 Å². The molecule has 0 aliphatic rings. The van der Waals surface area contributed by atoms with Crippen LogP contribution in [0.1, 0.15) is 12.7 Å². The lowest BCUT2D eigenvalue weighted by molar-refractivity contribution is -0.130. The highest BCUT2D eigenvalue weighted by molar-refractivity contribution is 6.16. The molecule has 0 fully saturated rings. The van der Waals surface area contributed by atoms with Crippen molar-refractivity contribution in [3.05, 3.63) is 24.2 Å². The molecule has 6 heteroatoms. The zero-order valence-electron chi connectivity index (χ0n) is 10.4. The fourth-order valence-electron chi connectivity index (χ4n) is 1.71. The van der Waals surface area contributed by atoms with Gasteiger partial charge in [-0.15, -0.1) is 11.6 Å². The molecular weight excluding hydrogens is 252 g/mol. The van der Waals surface area contributed by atoms with E-state index in [1.165, 1.54) is 0 Å². The van der Waals surface area contributed by atoms with Crippen LogP contribution in [0.5, 0.6) is 0 Å². The zero-order chi connectivity index (χ0) is 13.1. The SMILES string of the molecule is CCN(C)C(=O)Cn1c(CCl)nc2cccnc21. The Bertz CT molecular complexity index is 566. The number of hydrogen-bond donors (Lipinski definition) is 0. The molecule has 0 aliphatic heterocycles. The molecule has 0 bridgehead atoms. The van der Waals surface area contributed by atoms with E-state index in [4.69, 9.17) is 11.6 Å². The Balaban J connectivity index is 2.39. The lowest BCUT2D eigenvalue weighted by atomic mass is 10.4. The molecule has 1 amide bonds. The number of carbonyl (C=O) groups excluding carboxylic acids is 1. The van der Waals surface area contributed by atoms with Crippen molar-refractivity contribution in [2.24, 2.45) is 0 Å². The number of likely N-dealkylation sites (N-methyl/N-ethyl adjacent to an activating group) is 1. The van der Waals surface area contributed by atoms with E-state index >= 15 is 0 Å². The second-order valence-electron chi connectivity index (χ2n) is 4.00. The number of fused-ring (bicyclic) bond motifs is 1. The van der Waals surface area contributed by atoms with E-state index in [1.807, 2.05) is 19.1 Å². The fraction of sp³-hybridized carbons (Fsp3) is 0.417. The van der Waals surface area contributed by atoms with Crippen LogP contribution in [-0.2, 0) is 17.2 Å². The molecule has 0 saturated heterocycles. The number of pyridine rings is 1. The highest BCUT2D eigenvalue weighted by Gasteiger charge is 2.15. The van der Waals surface area contributed by atoms with Crippen molar-refractivity contribution in [1.82, 2.24) is 19.4 Å². The molecule has 2 aromatic heterocycles. The summed E-state index contributed by atoms with van der Waals surface area (Å²) in [6, 6.07) is 3.68. The van der Waals surface area contributed by atoms with Crippen LogP contribution in [0.4, 0.5) is 0 Å². The Kier molecular flexibility index (Phi) is 3.81. The molecule has 0 aromatic carbocycles. The van der Waals surface area contributed by atoms with Gasteiger partial charge in [0.05, 0.1) is 5.88 Å². The van der Waals surface area contributed by atoms with Gasteiger partial charge in [-0.2, -0.15) is 0 Å². The van der Waals surface area contributed by atoms with E-state index in [2.05, 4.69) is 9.97 Å². The van der Waals surface area contributed by atoms with Crippen molar-refractivity contribution < 1.29 is 4.79 Å². The number of imidazole rings is 1. The average Bonchev–Trinajstić information content (AvgIpc) is 2.76. The van der Waals surface area contributed by atoms with Crippen LogP contribution < -0.4 is 0 Å². The number of carbonyl (C=O) groups is 1. The lowest BCUT2D eigenvalue weighted by Crippen LogP contribution is -2.30. The molecule has 2 heterocycles. The highest BCUT2D eigenvalue weighted by atomic mass is 35.5. The van der Waals surface area contributed by atoms with Crippen molar-refractivity contribution in [3.63, 3.8) is 0 Å². The van der Waals surface area contributed by atoms with E-state index in [0.29, 0.717) is 18.0 Å². The topological polar surface area (TPSA) is 51.0 Å². The third-order valence-corrected chi connectivity index (χ3v) is 3.13. The standard InChI is InChI=1S/C12H15ClN4O/c1-3-16(2)11(18)8-17-10(7-13)15-9-5-4-6-14-12(9)17/h4-6H,3,7-8H2,1-2H3. The molecule has 2 aromatic rings. The van der Waals surface area contributed by atoms with Crippen molar-refractivity contribution in [3.8, 4) is 0 Å². The van der Waals surface area contributed by atoms with Crippen LogP contribution in [0.25, 0.3) is 11.2 Å². The van der Waals surface area contributed by atoms with Gasteiger partial charge >= 0.3 is 0 Å². The predicted molar refractivity (Wildman–Crippen MR) is 70.4 cm³/mol. The summed E-state index contributed by atoms with van der Waals surface area (Å²) in [7, 11) is 1.77. The van der Waals surface area contributed by atoms with Gasteiger partial charge in [0.2, 0.25) is 5.91 Å². The number of amides is 1. The summed E-state index contributed by atoms with van der Waals surface area (Å²) in [5.74, 6) is 0.955. The maximum absolute atomic E-state index is 12.0. The first-order chi connectivity index (χ1) is 8.67. The van der Waals surface area contributed by atoms with E-state index in [0.717, 1.165) is 5.52 Å². The van der Waals surface area contributed by atoms with Gasteiger partial charge in [0.15, 0.2) is 5.65 Å². The molecule has 2 rings (SSSR count). The summed E-state index contributed by atoms with van der Waals surface area (Å²) in [6.45, 7) is 2.83. The van der Waals surface area contributed by atoms with Crippen LogP contribution in [0.2, 0.25) is 0 Å². The number of hydrogen-bond acceptors (Lipinski definition) is 3. The summed E-state index contributed by atoms with van der Waals surface area (Å²) in [6.07, 6.45) is 1.69. The highest BCUT2D eigenvalue weighted by Crippen LogP contribution is 2.15. The molecule has 96 valence electrons. The number of halogens is 1. The molecule has 0 atom stereocenters. The number of alkyl halides is 1. The molecule has 0 unspecified atom stereocenters. The first-order valence-electron chi connectivity index (χ1n) is 5.77. The average molecular weight is 267 g/mol. The fourth-order valence-corrected chi connectivity index (χ4v) is 1.91. The molecular formula is C12H15ClN4O. The van der Waals surface area contributed by atoms with Gasteiger partial charge in [-0.1, -0.05) is 0 Å². The Morgan fingerprint density at radius 1 is 1.56 bits per heavy atom. The molecule has 0 spiro atoms. The van der Waals surface area contributed by atoms with Gasteiger partial charge in [-0.3, -0.25) is 4.79 Å². The zero-order valence-corrected chi connectivity index (χ0v) is 11.2. The minimum atomic E-state index is 0.0221. The van der Waals surface area contributed by atoms with Gasteiger partial charge in [-0.05, 0) is 19.1 Å². The summed E-state index contributed by atoms with van der Waals surface area (Å²) in [5.41, 5.74) is 1.46. The second-order valence-corrected chi connectivity index (χ2v) is 4.27. The number of aromatic nitrogens is 3. The normalized spacial score (nSPS) is 10.8. The summed E-state index contributed by atoms with van der Waals surface area (Å²) >= 11 is 5.86. The molecule has 0 saturated carbocycles. The van der Waals surface area contributed by atoms with Crippen LogP contribution in [-0.4, -0.2) is 38.9 Å². The van der Waals surface area contributed by atoms with E-state index in [-0.39, 0.29) is 18.3 Å².